The summed E-state index contributed by atoms with van der Waals surface area (Å²) < 4.78 is 178. The van der Waals surface area contributed by atoms with Crippen LogP contribution in [0.1, 0.15) is 512 Å². The number of carboxylic acids is 1. The van der Waals surface area contributed by atoms with Crippen LogP contribution in [-0.4, -0.2) is 118 Å². The van der Waals surface area contributed by atoms with Crippen LogP contribution in [0.25, 0.3) is 0 Å². The number of carboxylic acid groups (broad SMARTS) is 1. The average molecular weight is 1790 g/mol. The van der Waals surface area contributed by atoms with Crippen LogP contribution in [0.15, 0.2) is 24.3 Å². The van der Waals surface area contributed by atoms with Gasteiger partial charge >= 0.3 is 58.0 Å². The van der Waals surface area contributed by atoms with Crippen molar-refractivity contribution >= 4 is 58.0 Å². The maximum Gasteiger partial charge on any atom is 0.397 e. The third-order valence-electron chi connectivity index (χ3n) is 20.8. The highest BCUT2D eigenvalue weighted by atomic mass is 32.3. The van der Waals surface area contributed by atoms with Crippen LogP contribution in [0.4, 0.5) is 0 Å². The monoisotopic (exact) mass is 1790 g/mol. The molecule has 6 unspecified atom stereocenters. The molecule has 0 rings (SSSR count). The molecular formula is C90H184O23S5. The van der Waals surface area contributed by atoms with Gasteiger partial charge in [0, 0.05) is 6.42 Å². The molecule has 28 heteroatoms. The summed E-state index contributed by atoms with van der Waals surface area (Å²) in [5, 5.41) is 18.8. The fourth-order valence-corrected chi connectivity index (χ4v) is 16.5. The summed E-state index contributed by atoms with van der Waals surface area (Å²) in [5.74, 6) is -0.737. The SMILES string of the molecule is CCCCCCC(C/C=C/CCCCCCCC(=O)O)OS(=O)(=O)O.CCCCCCCC/C=C\CC(CCCCCC)OS(=O)(=O)O.CCCCCCCCC(O)C(CCCCCCCC)OS(=O)(=O)O.CCCCCCCCCC(CCCCCCCC)OS(=O)(=O)O.CCCCCCCCCC(CCCCCCCC)OS(=O)(=O)O. The van der Waals surface area contributed by atoms with Gasteiger partial charge in [0.25, 0.3) is 0 Å². The predicted octanol–water partition coefficient (Wildman–Crippen LogP) is 27.9. The molecule has 0 aliphatic rings. The van der Waals surface area contributed by atoms with E-state index in [1.807, 2.05) is 18.2 Å². The molecule has 0 radical (unpaired) electrons. The van der Waals surface area contributed by atoms with E-state index >= 15 is 0 Å². The van der Waals surface area contributed by atoms with Crippen LogP contribution in [0.3, 0.4) is 0 Å². The van der Waals surface area contributed by atoms with Crippen LogP contribution < -0.4 is 0 Å². The lowest BCUT2D eigenvalue weighted by Gasteiger charge is -2.21. The second-order valence-electron chi connectivity index (χ2n) is 32.6. The molecule has 7 N–H and O–H groups in total. The highest BCUT2D eigenvalue weighted by molar-refractivity contribution is 7.81. The molecule has 0 aromatic rings. The van der Waals surface area contributed by atoms with Crippen molar-refractivity contribution < 1.29 is 101 Å². The number of hydrogen-bond donors (Lipinski definition) is 7. The lowest BCUT2D eigenvalue weighted by Crippen LogP contribution is -2.31. The first-order valence-electron chi connectivity index (χ1n) is 47.7. The second kappa shape index (κ2) is 91.5. The Morgan fingerprint density at radius 3 is 0.661 bits per heavy atom. The number of aliphatic hydroxyl groups is 1. The lowest BCUT2D eigenvalue weighted by atomic mass is 9.99. The molecular weight excluding hydrogens is 1610 g/mol. The third-order valence-corrected chi connectivity index (χ3v) is 23.3. The molecule has 712 valence electrons. The Morgan fingerprint density at radius 1 is 0.237 bits per heavy atom. The highest BCUT2D eigenvalue weighted by Gasteiger charge is 2.25. The number of aliphatic carboxylic acids is 1. The minimum absolute atomic E-state index is 0.243. The highest BCUT2D eigenvalue weighted by Crippen LogP contribution is 2.24. The maximum atomic E-state index is 11.0. The van der Waals surface area contributed by atoms with Gasteiger partial charge in [-0.2, -0.15) is 42.1 Å². The largest absolute Gasteiger partial charge is 0.481 e. The van der Waals surface area contributed by atoms with Crippen LogP contribution in [0.2, 0.25) is 0 Å². The average Bonchev–Trinajstić information content (AvgIpc) is 0.901. The van der Waals surface area contributed by atoms with E-state index in [-0.39, 0.29) is 18.6 Å². The fourth-order valence-electron chi connectivity index (χ4n) is 13.9. The van der Waals surface area contributed by atoms with Crippen molar-refractivity contribution in [3.8, 4) is 0 Å². The Kier molecular flexibility index (Phi) is 96.7. The summed E-state index contributed by atoms with van der Waals surface area (Å²) in [4.78, 5) is 10.4. The minimum atomic E-state index is -4.52. The first-order chi connectivity index (χ1) is 56.2. The van der Waals surface area contributed by atoms with Crippen LogP contribution >= 0.6 is 0 Å². The van der Waals surface area contributed by atoms with Gasteiger partial charge in [0.1, 0.15) is 6.10 Å². The van der Waals surface area contributed by atoms with Gasteiger partial charge in [0.15, 0.2) is 0 Å². The van der Waals surface area contributed by atoms with Crippen molar-refractivity contribution in [2.75, 3.05) is 0 Å². The van der Waals surface area contributed by atoms with Gasteiger partial charge in [-0.05, 0) is 96.3 Å². The molecule has 0 bridgehead atoms. The quantitative estimate of drug-likeness (QED) is 0.0169. The Balaban J connectivity index is -0.000000451. The van der Waals surface area contributed by atoms with Crippen molar-refractivity contribution in [3.05, 3.63) is 24.3 Å². The van der Waals surface area contributed by atoms with E-state index in [1.54, 1.807) is 0 Å². The molecule has 0 amide bonds. The molecule has 0 aromatic heterocycles. The molecule has 0 saturated carbocycles. The topological polar surface area (TPSA) is 376 Å². The summed E-state index contributed by atoms with van der Waals surface area (Å²) in [6, 6.07) is 0. The van der Waals surface area contributed by atoms with Crippen molar-refractivity contribution in [1.29, 1.82) is 0 Å². The van der Waals surface area contributed by atoms with Crippen molar-refractivity contribution in [2.45, 2.75) is 548 Å². The molecule has 0 spiro atoms. The van der Waals surface area contributed by atoms with Crippen LogP contribution in [-0.2, 0) is 77.7 Å². The number of unbranched alkanes of at least 4 members (excludes halogenated alkanes) is 49. The maximum absolute atomic E-state index is 11.0. The molecule has 0 fully saturated rings. The van der Waals surface area contributed by atoms with Crippen LogP contribution in [0.5, 0.6) is 0 Å². The summed E-state index contributed by atoms with van der Waals surface area (Å²) in [6.45, 7) is 19.6. The normalized spacial score (nSPS) is 13.7. The van der Waals surface area contributed by atoms with E-state index in [1.165, 1.54) is 193 Å². The zero-order chi connectivity index (χ0) is 89.4. The van der Waals surface area contributed by atoms with Gasteiger partial charge in [-0.3, -0.25) is 27.6 Å². The molecule has 23 nitrogen and oxygen atoms in total. The van der Waals surface area contributed by atoms with Gasteiger partial charge < -0.3 is 10.2 Å². The van der Waals surface area contributed by atoms with Gasteiger partial charge in [0.05, 0.1) is 30.5 Å². The minimum Gasteiger partial charge on any atom is -0.481 e. The Labute approximate surface area is 726 Å². The molecule has 0 saturated heterocycles. The standard InChI is InChI=1S/C18H34O6S.C18H38O5S.C18H36O4S.2C18H38O4S/c1-2-3-4-11-14-17(24-25(21,22)23)15-12-9-7-5-6-8-10-13-16-18(19)20;1-3-5-7-9-11-13-15-17(19)18(23-24(20,21)22)16-14-12-10-8-6-4-2;1-3-5-7-9-10-11-12-13-15-17-18(22-23(19,20)21)16-14-8-6-4-2;2*1-3-5-7-9-11-13-15-17-18(22-23(19,20)21)16-14-12-10-8-6-4-2/h9,12,17H,2-8,10-11,13-16H2,1H3,(H,19,20)(H,21,22,23);17-19H,3-16H2,1-2H3,(H,20,21,22);13,15,18H,3-12,14,16-17H2,1-2H3,(H,19,20,21);2*18H,3-17H2,1-2H3,(H,19,20,21)/b12-9+;;15-13-;;. The third kappa shape index (κ3) is 114. The van der Waals surface area contributed by atoms with E-state index < -0.39 is 82.4 Å². The number of allylic oxidation sites excluding steroid dienone is 2. The number of carbonyl (C=O) groups is 1. The smallest absolute Gasteiger partial charge is 0.397 e. The first kappa shape index (κ1) is 125. The van der Waals surface area contributed by atoms with E-state index in [9.17, 15) is 52.0 Å². The number of hydrogen-bond acceptors (Lipinski definition) is 17. The van der Waals surface area contributed by atoms with E-state index in [0.29, 0.717) is 38.5 Å². The van der Waals surface area contributed by atoms with E-state index in [0.717, 1.165) is 212 Å². The summed E-state index contributed by atoms with van der Waals surface area (Å²) in [6.07, 6.45) is 78.0. The van der Waals surface area contributed by atoms with Gasteiger partial charge in [-0.15, -0.1) is 0 Å². The van der Waals surface area contributed by atoms with Gasteiger partial charge in [0.2, 0.25) is 0 Å². The molecule has 118 heavy (non-hydrogen) atoms. The zero-order valence-electron chi connectivity index (χ0n) is 76.5. The molecule has 0 aliphatic carbocycles. The number of rotatable bonds is 84. The predicted molar refractivity (Wildman–Crippen MR) is 488 cm³/mol. The van der Waals surface area contributed by atoms with Gasteiger partial charge in [-0.25, -0.2) is 20.9 Å². The van der Waals surface area contributed by atoms with Crippen LogP contribution in [0, 0.1) is 0 Å². The van der Waals surface area contributed by atoms with E-state index in [2.05, 4.69) is 68.4 Å². The fraction of sp³-hybridized carbons (Fsp3) is 0.944. The van der Waals surface area contributed by atoms with Gasteiger partial charge in [-0.1, -0.05) is 433 Å². The molecule has 0 heterocycles. The van der Waals surface area contributed by atoms with Crippen molar-refractivity contribution in [3.63, 3.8) is 0 Å². The number of aliphatic hydroxyl groups excluding tert-OH is 1. The molecule has 0 aliphatic heterocycles. The van der Waals surface area contributed by atoms with Crippen molar-refractivity contribution in [2.24, 2.45) is 0 Å². The van der Waals surface area contributed by atoms with E-state index in [4.69, 9.17) is 48.8 Å². The zero-order valence-corrected chi connectivity index (χ0v) is 80.6. The molecule has 6 atom stereocenters. The first-order valence-corrected chi connectivity index (χ1v) is 54.5. The summed E-state index contributed by atoms with van der Waals surface area (Å²) in [5.41, 5.74) is 0. The summed E-state index contributed by atoms with van der Waals surface area (Å²) in [7, 11) is -21.9. The Hall–Kier alpha value is -1.74. The molecule has 0 aromatic carbocycles. The lowest BCUT2D eigenvalue weighted by molar-refractivity contribution is -0.137. The Bertz CT molecular complexity index is 2670. The Morgan fingerprint density at radius 2 is 0.424 bits per heavy atom. The summed E-state index contributed by atoms with van der Waals surface area (Å²) >= 11 is 0. The van der Waals surface area contributed by atoms with Crippen molar-refractivity contribution in [1.82, 2.24) is 0 Å². The second-order valence-corrected chi connectivity index (χ2v) is 37.9.